The van der Waals surface area contributed by atoms with Crippen molar-refractivity contribution in [3.8, 4) is 0 Å². The topological polar surface area (TPSA) is 0 Å². The fraction of sp³-hybridized carbons (Fsp3) is 0.438. The van der Waals surface area contributed by atoms with E-state index in [0.29, 0.717) is 5.92 Å². The predicted octanol–water partition coefficient (Wildman–Crippen LogP) is 4.49. The van der Waals surface area contributed by atoms with Crippen LogP contribution in [0.3, 0.4) is 0 Å². The first-order valence-corrected chi connectivity index (χ1v) is 6.25. The molecule has 0 aliphatic heterocycles. The Labute approximate surface area is 125 Å². The first kappa shape index (κ1) is 14.9. The van der Waals surface area contributed by atoms with E-state index >= 15 is 0 Å². The molecule has 1 radical (unpaired) electrons. The van der Waals surface area contributed by atoms with Crippen LogP contribution in [0.4, 0.5) is 0 Å². The van der Waals surface area contributed by atoms with Gasteiger partial charge in [-0.15, -0.1) is 0 Å². The van der Waals surface area contributed by atoms with Gasteiger partial charge in [0.1, 0.15) is 0 Å². The van der Waals surface area contributed by atoms with E-state index in [4.69, 9.17) is 0 Å². The average molecular weight is 305 g/mol. The summed E-state index contributed by atoms with van der Waals surface area (Å²) in [5.41, 5.74) is 5.71. The SMILES string of the molecule is CC(C)Cc1ccc2c(c1)C=C(C(C)C)[CH]2.[Zr]. The zero-order chi connectivity index (χ0) is 11.7. The molecule has 0 N–H and O–H groups in total. The molecule has 0 atom stereocenters. The Bertz CT molecular complexity index is 414. The molecular weight excluding hydrogens is 283 g/mol. The number of fused-ring (bicyclic) bond motifs is 1. The molecule has 0 fully saturated rings. The first-order valence-electron chi connectivity index (χ1n) is 6.25. The summed E-state index contributed by atoms with van der Waals surface area (Å²) in [6.45, 7) is 9.05. The minimum Gasteiger partial charge on any atom is -0.0625 e. The van der Waals surface area contributed by atoms with E-state index in [2.05, 4.69) is 58.4 Å². The van der Waals surface area contributed by atoms with Crippen molar-refractivity contribution in [3.63, 3.8) is 0 Å². The van der Waals surface area contributed by atoms with Crippen molar-refractivity contribution in [1.29, 1.82) is 0 Å². The van der Waals surface area contributed by atoms with Crippen molar-refractivity contribution >= 4 is 6.08 Å². The number of benzene rings is 1. The third-order valence-electron chi connectivity index (χ3n) is 3.11. The molecule has 0 saturated heterocycles. The van der Waals surface area contributed by atoms with Crippen LogP contribution in [-0.2, 0) is 32.6 Å². The molecule has 0 unspecified atom stereocenters. The minimum absolute atomic E-state index is 0. The molecule has 1 heteroatoms. The van der Waals surface area contributed by atoms with E-state index in [-0.39, 0.29) is 26.2 Å². The van der Waals surface area contributed by atoms with Gasteiger partial charge in [0.25, 0.3) is 0 Å². The van der Waals surface area contributed by atoms with Gasteiger partial charge < -0.3 is 0 Å². The van der Waals surface area contributed by atoms with Crippen LogP contribution < -0.4 is 0 Å². The van der Waals surface area contributed by atoms with Crippen molar-refractivity contribution < 1.29 is 26.2 Å². The summed E-state index contributed by atoms with van der Waals surface area (Å²) in [6.07, 6.45) is 5.83. The van der Waals surface area contributed by atoms with Gasteiger partial charge in [-0.3, -0.25) is 0 Å². The summed E-state index contributed by atoms with van der Waals surface area (Å²) >= 11 is 0. The van der Waals surface area contributed by atoms with E-state index in [9.17, 15) is 0 Å². The van der Waals surface area contributed by atoms with Gasteiger partial charge in [0.15, 0.2) is 0 Å². The monoisotopic (exact) mass is 303 g/mol. The normalized spacial score (nSPS) is 13.6. The summed E-state index contributed by atoms with van der Waals surface area (Å²) < 4.78 is 0. The zero-order valence-corrected chi connectivity index (χ0v) is 13.7. The molecular formula is C16H21Zr. The Kier molecular flexibility index (Phi) is 5.38. The van der Waals surface area contributed by atoms with Crippen LogP contribution in [0.25, 0.3) is 6.08 Å². The third-order valence-corrected chi connectivity index (χ3v) is 3.11. The van der Waals surface area contributed by atoms with Crippen molar-refractivity contribution in [2.75, 3.05) is 0 Å². The van der Waals surface area contributed by atoms with E-state index < -0.39 is 0 Å². The van der Waals surface area contributed by atoms with Crippen LogP contribution >= 0.6 is 0 Å². The van der Waals surface area contributed by atoms with E-state index in [1.54, 1.807) is 0 Å². The molecule has 1 aliphatic rings. The smallest absolute Gasteiger partial charge is 0.0167 e. The molecule has 0 spiro atoms. The summed E-state index contributed by atoms with van der Waals surface area (Å²) in [5.74, 6) is 1.36. The molecule has 17 heavy (non-hydrogen) atoms. The second kappa shape index (κ2) is 6.14. The third kappa shape index (κ3) is 3.65. The quantitative estimate of drug-likeness (QED) is 0.772. The van der Waals surface area contributed by atoms with Crippen LogP contribution in [0.15, 0.2) is 23.8 Å². The van der Waals surface area contributed by atoms with Gasteiger partial charge in [-0.2, -0.15) is 0 Å². The minimum atomic E-state index is 0. The Morgan fingerprint density at radius 2 is 1.71 bits per heavy atom. The number of hydrogen-bond acceptors (Lipinski definition) is 0. The molecule has 0 heterocycles. The van der Waals surface area contributed by atoms with Gasteiger partial charge in [-0.25, -0.2) is 0 Å². The van der Waals surface area contributed by atoms with Gasteiger partial charge in [0, 0.05) is 32.6 Å². The zero-order valence-electron chi connectivity index (χ0n) is 11.2. The second-order valence-electron chi connectivity index (χ2n) is 5.50. The molecule has 1 aromatic carbocycles. The summed E-state index contributed by atoms with van der Waals surface area (Å²) in [6, 6.07) is 6.88. The number of rotatable bonds is 3. The van der Waals surface area contributed by atoms with Gasteiger partial charge in [-0.1, -0.05) is 57.5 Å². The maximum Gasteiger partial charge on any atom is 0.0167 e. The van der Waals surface area contributed by atoms with Gasteiger partial charge in [-0.05, 0) is 34.9 Å². The van der Waals surface area contributed by atoms with Crippen LogP contribution in [0.2, 0.25) is 0 Å². The van der Waals surface area contributed by atoms with Gasteiger partial charge >= 0.3 is 0 Å². The Hall–Kier alpha value is -0.157. The summed E-state index contributed by atoms with van der Waals surface area (Å²) in [4.78, 5) is 0. The Morgan fingerprint density at radius 3 is 2.29 bits per heavy atom. The molecule has 0 nitrogen and oxygen atoms in total. The molecule has 0 saturated carbocycles. The van der Waals surface area contributed by atoms with Crippen molar-refractivity contribution in [3.05, 3.63) is 46.9 Å². The molecule has 1 aromatic rings. The number of allylic oxidation sites excluding steroid dienone is 1. The maximum absolute atomic E-state index is 2.35. The maximum atomic E-state index is 2.35. The predicted molar refractivity (Wildman–Crippen MR) is 71.2 cm³/mol. The van der Waals surface area contributed by atoms with Gasteiger partial charge in [0.2, 0.25) is 0 Å². The molecule has 89 valence electrons. The Morgan fingerprint density at radius 1 is 1.00 bits per heavy atom. The standard InChI is InChI=1S/C16H21.Zr/c1-11(2)7-13-5-6-14-9-15(12(3)4)10-16(14)8-13;/h5-6,8-12H,7H2,1-4H3;. The number of hydrogen-bond donors (Lipinski definition) is 0. The van der Waals surface area contributed by atoms with Crippen molar-refractivity contribution in [2.45, 2.75) is 34.1 Å². The Balaban J connectivity index is 0.00000144. The van der Waals surface area contributed by atoms with Crippen molar-refractivity contribution in [1.82, 2.24) is 0 Å². The fourth-order valence-electron chi connectivity index (χ4n) is 2.21. The molecule has 0 aromatic heterocycles. The molecule has 2 rings (SSSR count). The molecule has 1 aliphatic carbocycles. The molecule has 0 amide bonds. The van der Waals surface area contributed by atoms with Crippen LogP contribution in [-0.4, -0.2) is 0 Å². The fourth-order valence-corrected chi connectivity index (χ4v) is 2.21. The average Bonchev–Trinajstić information content (AvgIpc) is 2.59. The van der Waals surface area contributed by atoms with Crippen LogP contribution in [0, 0.1) is 18.3 Å². The van der Waals surface area contributed by atoms with Crippen molar-refractivity contribution in [2.24, 2.45) is 11.8 Å². The van der Waals surface area contributed by atoms with Gasteiger partial charge in [0.05, 0.1) is 0 Å². The van der Waals surface area contributed by atoms with E-state index in [1.165, 1.54) is 28.7 Å². The second-order valence-corrected chi connectivity index (χ2v) is 5.50. The van der Waals surface area contributed by atoms with Crippen LogP contribution in [0.5, 0.6) is 0 Å². The van der Waals surface area contributed by atoms with E-state index in [0.717, 1.165) is 5.92 Å². The summed E-state index contributed by atoms with van der Waals surface area (Å²) in [5, 5.41) is 0. The van der Waals surface area contributed by atoms with E-state index in [1.807, 2.05) is 0 Å². The molecule has 0 bridgehead atoms. The van der Waals surface area contributed by atoms with Crippen LogP contribution in [0.1, 0.15) is 44.4 Å². The largest absolute Gasteiger partial charge is 0.0625 e. The first-order chi connectivity index (χ1) is 7.56. The summed E-state index contributed by atoms with van der Waals surface area (Å²) in [7, 11) is 0.